The summed E-state index contributed by atoms with van der Waals surface area (Å²) in [6, 6.07) is 5.65. The van der Waals surface area contributed by atoms with E-state index in [0.717, 1.165) is 18.4 Å². The lowest BCUT2D eigenvalue weighted by Crippen LogP contribution is -2.18. The number of fused-ring (bicyclic) bond motifs is 1. The molecule has 5 heteroatoms. The molecule has 0 saturated heterocycles. The number of rotatable bonds is 2. The van der Waals surface area contributed by atoms with Gasteiger partial charge in [0.1, 0.15) is 6.42 Å². The van der Waals surface area contributed by atoms with Crippen molar-refractivity contribution in [3.8, 4) is 0 Å². The van der Waals surface area contributed by atoms with Gasteiger partial charge in [-0.25, -0.2) is 0 Å². The maximum Gasteiger partial charge on any atom is 0.233 e. The summed E-state index contributed by atoms with van der Waals surface area (Å²) < 4.78 is 0. The van der Waals surface area contributed by atoms with Crippen molar-refractivity contribution in [1.29, 1.82) is 0 Å². The van der Waals surface area contributed by atoms with Crippen molar-refractivity contribution in [3.05, 3.63) is 23.8 Å². The van der Waals surface area contributed by atoms with Crippen LogP contribution in [0.5, 0.6) is 0 Å². The molecule has 0 radical (unpaired) electrons. The number of nitrogens with one attached hydrogen (secondary N) is 2. The van der Waals surface area contributed by atoms with Crippen LogP contribution in [0, 0.1) is 5.41 Å². The number of amides is 2. The lowest BCUT2D eigenvalue weighted by Gasteiger charge is -2.30. The van der Waals surface area contributed by atoms with Crippen LogP contribution < -0.4 is 10.6 Å². The number of halogens is 1. The zero-order valence-corrected chi connectivity index (χ0v) is 12.8. The monoisotopic (exact) mass is 306 g/mol. The van der Waals surface area contributed by atoms with Crippen LogP contribution in [0.15, 0.2) is 18.2 Å². The maximum absolute atomic E-state index is 11.7. The van der Waals surface area contributed by atoms with Crippen LogP contribution >= 0.6 is 11.6 Å². The molecular formula is C16H19ClN2O2. The van der Waals surface area contributed by atoms with Crippen LogP contribution in [0.4, 0.5) is 11.4 Å². The molecule has 1 aromatic carbocycles. The number of carbonyl (C=O) groups is 2. The number of carbonyl (C=O) groups excluding carboxylic acids is 2. The van der Waals surface area contributed by atoms with Crippen molar-refractivity contribution in [2.45, 2.75) is 44.4 Å². The summed E-state index contributed by atoms with van der Waals surface area (Å²) in [5.74, 6) is -0.578. The van der Waals surface area contributed by atoms with Gasteiger partial charge in [0.15, 0.2) is 0 Å². The third-order valence-electron chi connectivity index (χ3n) is 4.56. The Morgan fingerprint density at radius 1 is 1.10 bits per heavy atom. The standard InChI is InChI=1S/C16H19ClN2O2/c1-16(6-2-3-7-16)15(17)10-4-5-11-12(8-10)19-14(21)9-13(20)18-11/h4-5,8,15H,2-3,6-7,9H2,1H3,(H,18,20)(H,19,21). The van der Waals surface area contributed by atoms with Gasteiger partial charge < -0.3 is 10.6 Å². The molecule has 2 aliphatic rings. The molecule has 2 amide bonds. The molecule has 112 valence electrons. The third-order valence-corrected chi connectivity index (χ3v) is 5.34. The average Bonchev–Trinajstić information content (AvgIpc) is 2.81. The zero-order valence-electron chi connectivity index (χ0n) is 12.0. The minimum absolute atomic E-state index is 0.0823. The van der Waals surface area contributed by atoms with Gasteiger partial charge in [-0.05, 0) is 36.0 Å². The largest absolute Gasteiger partial charge is 0.324 e. The lowest BCUT2D eigenvalue weighted by molar-refractivity contribution is -0.123. The fourth-order valence-corrected chi connectivity index (χ4v) is 3.66. The number of alkyl halides is 1. The molecule has 2 N–H and O–H groups in total. The van der Waals surface area contributed by atoms with Crippen molar-refractivity contribution < 1.29 is 9.59 Å². The van der Waals surface area contributed by atoms with E-state index in [0.29, 0.717) is 11.4 Å². The van der Waals surface area contributed by atoms with E-state index in [1.807, 2.05) is 18.2 Å². The second-order valence-corrected chi connectivity index (χ2v) is 6.74. The highest BCUT2D eigenvalue weighted by Crippen LogP contribution is 2.51. The summed E-state index contributed by atoms with van der Waals surface area (Å²) >= 11 is 6.70. The first-order valence-electron chi connectivity index (χ1n) is 7.36. The Bertz CT molecular complexity index is 594. The number of hydrogen-bond acceptors (Lipinski definition) is 2. The molecule has 0 spiro atoms. The molecule has 1 aromatic rings. The average molecular weight is 307 g/mol. The Kier molecular flexibility index (Phi) is 3.66. The normalized spacial score (nSPS) is 22.0. The molecule has 1 fully saturated rings. The first-order chi connectivity index (χ1) is 9.98. The van der Waals surface area contributed by atoms with Crippen LogP contribution in [0.25, 0.3) is 0 Å². The predicted octanol–water partition coefficient (Wildman–Crippen LogP) is 3.83. The quantitative estimate of drug-likeness (QED) is 0.644. The van der Waals surface area contributed by atoms with Gasteiger partial charge in [0.2, 0.25) is 11.8 Å². The van der Waals surface area contributed by atoms with Crippen molar-refractivity contribution in [2.24, 2.45) is 5.41 Å². The number of anilines is 2. The van der Waals surface area contributed by atoms with Crippen molar-refractivity contribution in [3.63, 3.8) is 0 Å². The highest BCUT2D eigenvalue weighted by molar-refractivity contribution is 6.21. The number of benzene rings is 1. The SMILES string of the molecule is CC1(C(Cl)c2ccc3c(c2)NC(=O)CC(=O)N3)CCCC1. The summed E-state index contributed by atoms with van der Waals surface area (Å²) in [5.41, 5.74) is 2.37. The van der Waals surface area contributed by atoms with E-state index in [1.165, 1.54) is 12.8 Å². The highest BCUT2D eigenvalue weighted by Gasteiger charge is 2.37. The Labute approximate surface area is 129 Å². The van der Waals surface area contributed by atoms with Gasteiger partial charge in [0, 0.05) is 0 Å². The Morgan fingerprint density at radius 2 is 1.71 bits per heavy atom. The van der Waals surface area contributed by atoms with Gasteiger partial charge in [-0.15, -0.1) is 11.6 Å². The third kappa shape index (κ3) is 2.77. The van der Waals surface area contributed by atoms with Gasteiger partial charge in [-0.3, -0.25) is 9.59 Å². The summed E-state index contributed by atoms with van der Waals surface area (Å²) in [6.07, 6.45) is 4.55. The minimum Gasteiger partial charge on any atom is -0.324 e. The first-order valence-corrected chi connectivity index (χ1v) is 7.79. The Hall–Kier alpha value is -1.55. The fraction of sp³-hybridized carbons (Fsp3) is 0.500. The van der Waals surface area contributed by atoms with Crippen LogP contribution in [0.2, 0.25) is 0 Å². The van der Waals surface area contributed by atoms with Crippen molar-refractivity contribution >= 4 is 34.8 Å². The van der Waals surface area contributed by atoms with E-state index >= 15 is 0 Å². The Balaban J connectivity index is 1.92. The second kappa shape index (κ2) is 5.34. The first kappa shape index (κ1) is 14.4. The van der Waals surface area contributed by atoms with E-state index in [4.69, 9.17) is 11.6 Å². The molecule has 1 atom stereocenters. The van der Waals surface area contributed by atoms with Gasteiger partial charge in [0.25, 0.3) is 0 Å². The van der Waals surface area contributed by atoms with Gasteiger partial charge in [-0.2, -0.15) is 0 Å². The topological polar surface area (TPSA) is 58.2 Å². The molecule has 0 bridgehead atoms. The van der Waals surface area contributed by atoms with Gasteiger partial charge >= 0.3 is 0 Å². The van der Waals surface area contributed by atoms with E-state index < -0.39 is 0 Å². The van der Waals surface area contributed by atoms with Crippen LogP contribution in [0.1, 0.15) is 50.0 Å². The van der Waals surface area contributed by atoms with Gasteiger partial charge in [-0.1, -0.05) is 25.8 Å². The molecule has 1 aliphatic carbocycles. The highest BCUT2D eigenvalue weighted by atomic mass is 35.5. The molecule has 0 aromatic heterocycles. The summed E-state index contributed by atoms with van der Waals surface area (Å²) in [6.45, 7) is 2.23. The summed E-state index contributed by atoms with van der Waals surface area (Å²) in [7, 11) is 0. The molecule has 4 nitrogen and oxygen atoms in total. The lowest BCUT2D eigenvalue weighted by atomic mass is 9.81. The minimum atomic E-state index is -0.290. The molecular weight excluding hydrogens is 288 g/mol. The van der Waals surface area contributed by atoms with Crippen LogP contribution in [-0.4, -0.2) is 11.8 Å². The number of hydrogen-bond donors (Lipinski definition) is 2. The fourth-order valence-electron chi connectivity index (χ4n) is 3.31. The molecule has 1 aliphatic heterocycles. The van der Waals surface area contributed by atoms with E-state index in [2.05, 4.69) is 17.6 Å². The van der Waals surface area contributed by atoms with Crippen LogP contribution in [-0.2, 0) is 9.59 Å². The molecule has 1 saturated carbocycles. The van der Waals surface area contributed by atoms with E-state index in [1.54, 1.807) is 0 Å². The molecule has 3 rings (SSSR count). The van der Waals surface area contributed by atoms with Crippen molar-refractivity contribution in [2.75, 3.05) is 10.6 Å². The smallest absolute Gasteiger partial charge is 0.233 e. The second-order valence-electron chi connectivity index (χ2n) is 6.30. The summed E-state index contributed by atoms with van der Waals surface area (Å²) in [5, 5.41) is 5.42. The molecule has 1 heterocycles. The van der Waals surface area contributed by atoms with E-state index in [-0.39, 0.29) is 29.0 Å². The molecule has 21 heavy (non-hydrogen) atoms. The van der Waals surface area contributed by atoms with E-state index in [9.17, 15) is 9.59 Å². The van der Waals surface area contributed by atoms with Crippen molar-refractivity contribution in [1.82, 2.24) is 0 Å². The van der Waals surface area contributed by atoms with Gasteiger partial charge in [0.05, 0.1) is 16.8 Å². The zero-order chi connectivity index (χ0) is 15.0. The Morgan fingerprint density at radius 3 is 2.38 bits per heavy atom. The maximum atomic E-state index is 11.7. The molecule has 1 unspecified atom stereocenters. The summed E-state index contributed by atoms with van der Waals surface area (Å²) in [4.78, 5) is 23.2. The predicted molar refractivity (Wildman–Crippen MR) is 83.5 cm³/mol. The van der Waals surface area contributed by atoms with Crippen LogP contribution in [0.3, 0.4) is 0 Å².